The molecule has 2 aromatic rings. The zero-order valence-corrected chi connectivity index (χ0v) is 36.3. The van der Waals surface area contributed by atoms with Crippen LogP contribution >= 0.6 is 11.8 Å². The molecule has 2 rings (SSSR count). The van der Waals surface area contributed by atoms with Crippen LogP contribution in [0.3, 0.4) is 0 Å². The topological polar surface area (TPSA) is 232 Å². The van der Waals surface area contributed by atoms with Crippen molar-refractivity contribution in [3.05, 3.63) is 64.2 Å². The number of carbonyl (C=O) groups is 5. The molecule has 0 saturated heterocycles. The maximum absolute atomic E-state index is 13.4. The van der Waals surface area contributed by atoms with E-state index in [2.05, 4.69) is 21.3 Å². The minimum absolute atomic E-state index is 0.0731. The first-order valence-electron chi connectivity index (χ1n) is 18.9. The number of carbonyl (C=O) groups excluding carboxylic acids is 5. The summed E-state index contributed by atoms with van der Waals surface area (Å²) in [7, 11) is 1.66. The molecule has 18 nitrogen and oxygen atoms in total. The van der Waals surface area contributed by atoms with Crippen LogP contribution in [0.25, 0.3) is 0 Å². The molecule has 0 heterocycles. The number of ether oxygens (including phenoxy) is 6. The van der Waals surface area contributed by atoms with Crippen molar-refractivity contribution in [1.82, 2.24) is 16.0 Å². The number of nitrogens with one attached hydrogen (secondary N) is 4. The lowest BCUT2D eigenvalue weighted by molar-refractivity contribution is -0.384. The number of rotatable bonds is 23. The molecule has 4 amide bonds. The fourth-order valence-corrected chi connectivity index (χ4v) is 5.78. The van der Waals surface area contributed by atoms with Gasteiger partial charge in [0, 0.05) is 43.0 Å². The molecule has 0 aliphatic carbocycles. The Labute approximate surface area is 349 Å². The van der Waals surface area contributed by atoms with Crippen molar-refractivity contribution < 1.29 is 57.3 Å². The van der Waals surface area contributed by atoms with Crippen molar-refractivity contribution in [2.24, 2.45) is 0 Å². The van der Waals surface area contributed by atoms with Crippen LogP contribution in [-0.2, 0) is 44.7 Å². The zero-order chi connectivity index (χ0) is 44.4. The summed E-state index contributed by atoms with van der Waals surface area (Å²) in [4.78, 5) is 74.2. The Kier molecular flexibility index (Phi) is 20.0. The van der Waals surface area contributed by atoms with Crippen LogP contribution in [0.2, 0.25) is 0 Å². The smallest absolute Gasteiger partial charge is 0.444 e. The van der Waals surface area contributed by atoms with Crippen LogP contribution in [0.1, 0.15) is 74.3 Å². The highest BCUT2D eigenvalue weighted by Gasteiger charge is 2.29. The van der Waals surface area contributed by atoms with Gasteiger partial charge in [-0.2, -0.15) is 11.8 Å². The summed E-state index contributed by atoms with van der Waals surface area (Å²) in [5, 5.41) is 21.2. The Morgan fingerprint density at radius 3 is 1.98 bits per heavy atom. The molecule has 2 aromatic carbocycles. The lowest BCUT2D eigenvalue weighted by Gasteiger charge is -2.27. The van der Waals surface area contributed by atoms with E-state index in [1.165, 1.54) is 49.9 Å². The summed E-state index contributed by atoms with van der Waals surface area (Å²) in [5.74, 6) is -1.11. The second-order valence-electron chi connectivity index (χ2n) is 15.7. The monoisotopic (exact) mass is 849 g/mol. The summed E-state index contributed by atoms with van der Waals surface area (Å²) in [5.41, 5.74) is -0.853. The Bertz CT molecular complexity index is 1700. The molecule has 4 N–H and O–H groups in total. The maximum Gasteiger partial charge on any atom is 0.514 e. The van der Waals surface area contributed by atoms with E-state index < -0.39 is 64.2 Å². The van der Waals surface area contributed by atoms with Crippen LogP contribution < -0.4 is 26.0 Å². The molecular weight excluding hydrogens is 791 g/mol. The van der Waals surface area contributed by atoms with Crippen LogP contribution in [0.5, 0.6) is 5.75 Å². The highest BCUT2D eigenvalue weighted by Crippen LogP contribution is 2.20. The lowest BCUT2D eigenvalue weighted by Crippen LogP contribution is -2.55. The molecule has 0 saturated carbocycles. The highest BCUT2D eigenvalue weighted by atomic mass is 32.2. The Morgan fingerprint density at radius 1 is 0.780 bits per heavy atom. The van der Waals surface area contributed by atoms with Gasteiger partial charge in [-0.15, -0.1) is 0 Å². The number of methoxy groups -OCH3 is 1. The van der Waals surface area contributed by atoms with E-state index in [-0.39, 0.29) is 29.4 Å². The second kappa shape index (κ2) is 23.6. The number of thioether (sulfide) groups is 1. The van der Waals surface area contributed by atoms with Gasteiger partial charge in [-0.25, -0.2) is 9.59 Å². The quantitative estimate of drug-likeness (QED) is 0.0355. The van der Waals surface area contributed by atoms with Gasteiger partial charge in [-0.1, -0.05) is 12.1 Å². The molecule has 0 fully saturated rings. The highest BCUT2D eigenvalue weighted by molar-refractivity contribution is 7.99. The molecule has 0 radical (unpaired) electrons. The van der Waals surface area contributed by atoms with Crippen molar-refractivity contribution in [2.75, 3.05) is 43.8 Å². The standard InChI is InChI=1S/C40H59N5O13S/c1-26(42-35(48)32(44-36(49)58-38(3,4)5)24-59-25-40(8,9)56-22-21-54-20-19-39(6,7)53-10)33(46)41-27(2)34(47)43-29-13-11-28(12-14-29)23-55-37(50)57-31-17-15-30(16-18-31)45(51)52/h11-18,26-27,32H,19-25H2,1-10H3,(H,41,46)(H,42,48)(H,43,47)(H,44,49)/t26-,27-,32-/m0/s1. The molecule has 0 unspecified atom stereocenters. The number of benzene rings is 2. The average Bonchev–Trinajstić information content (AvgIpc) is 3.14. The first kappa shape index (κ1) is 50.2. The van der Waals surface area contributed by atoms with E-state index in [1.54, 1.807) is 52.1 Å². The van der Waals surface area contributed by atoms with Gasteiger partial charge < -0.3 is 49.7 Å². The number of hydrogen-bond donors (Lipinski definition) is 4. The van der Waals surface area contributed by atoms with Crippen LogP contribution in [0.15, 0.2) is 48.5 Å². The number of nitro groups is 1. The van der Waals surface area contributed by atoms with E-state index >= 15 is 0 Å². The third-order valence-corrected chi connectivity index (χ3v) is 9.66. The summed E-state index contributed by atoms with van der Waals surface area (Å²) < 4.78 is 32.5. The van der Waals surface area contributed by atoms with Crippen LogP contribution in [0, 0.1) is 10.1 Å². The predicted octanol–water partition coefficient (Wildman–Crippen LogP) is 5.51. The van der Waals surface area contributed by atoms with Gasteiger partial charge in [0.1, 0.15) is 36.1 Å². The molecule has 0 aliphatic rings. The third-order valence-electron chi connectivity index (χ3n) is 8.19. The average molecular weight is 850 g/mol. The Hall–Kier alpha value is -4.98. The van der Waals surface area contributed by atoms with Crippen molar-refractivity contribution in [3.63, 3.8) is 0 Å². The number of nitro benzene ring substituents is 1. The summed E-state index contributed by atoms with van der Waals surface area (Å²) in [6.07, 6.45) is -1.07. The van der Waals surface area contributed by atoms with Gasteiger partial charge in [-0.05, 0) is 98.6 Å². The zero-order valence-electron chi connectivity index (χ0n) is 35.5. The molecule has 0 spiro atoms. The van der Waals surface area contributed by atoms with E-state index in [0.717, 1.165) is 6.42 Å². The van der Waals surface area contributed by atoms with E-state index in [9.17, 15) is 34.1 Å². The summed E-state index contributed by atoms with van der Waals surface area (Å²) in [6.45, 7) is 17.0. The van der Waals surface area contributed by atoms with Gasteiger partial charge in [0.25, 0.3) is 5.69 Å². The van der Waals surface area contributed by atoms with Crippen LogP contribution in [-0.4, -0.2) is 108 Å². The van der Waals surface area contributed by atoms with Crippen LogP contribution in [0.4, 0.5) is 21.0 Å². The molecule has 0 bridgehead atoms. The maximum atomic E-state index is 13.4. The number of amides is 4. The predicted molar refractivity (Wildman–Crippen MR) is 221 cm³/mol. The van der Waals surface area contributed by atoms with Gasteiger partial charge in [0.05, 0.1) is 29.3 Å². The Morgan fingerprint density at radius 2 is 1.39 bits per heavy atom. The Balaban J connectivity index is 1.86. The normalized spacial score (nSPS) is 13.3. The molecule has 3 atom stereocenters. The summed E-state index contributed by atoms with van der Waals surface area (Å²) >= 11 is 1.38. The first-order valence-corrected chi connectivity index (χ1v) is 20.1. The number of non-ortho nitro benzene ring substituents is 1. The van der Waals surface area contributed by atoms with Gasteiger partial charge in [0.2, 0.25) is 17.7 Å². The number of anilines is 1. The lowest BCUT2D eigenvalue weighted by atomic mass is 10.1. The first-order chi connectivity index (χ1) is 27.5. The van der Waals surface area contributed by atoms with Crippen molar-refractivity contribution >= 4 is 53.1 Å². The fourth-order valence-electron chi connectivity index (χ4n) is 4.62. The van der Waals surface area contributed by atoms with Crippen molar-refractivity contribution in [3.8, 4) is 5.75 Å². The largest absolute Gasteiger partial charge is 0.514 e. The van der Waals surface area contributed by atoms with Crippen molar-refractivity contribution in [1.29, 1.82) is 0 Å². The van der Waals surface area contributed by atoms with Gasteiger partial charge >= 0.3 is 12.2 Å². The molecule has 19 heteroatoms. The van der Waals surface area contributed by atoms with E-state index in [4.69, 9.17) is 28.4 Å². The number of nitrogens with zero attached hydrogens (tertiary/aromatic N) is 1. The molecule has 59 heavy (non-hydrogen) atoms. The molecule has 328 valence electrons. The minimum Gasteiger partial charge on any atom is -0.444 e. The second-order valence-corrected chi connectivity index (χ2v) is 16.7. The number of hydrogen-bond acceptors (Lipinski definition) is 14. The number of alkyl carbamates (subject to hydrolysis) is 1. The SMILES string of the molecule is COC(C)(C)CCOCCOC(C)(C)CSC[C@H](NC(=O)OC(C)(C)C)C(=O)N[C@@H](C)C(=O)N[C@@H](C)C(=O)Nc1ccc(COC(=O)Oc2ccc([N+](=O)[O-])cc2)cc1. The fraction of sp³-hybridized carbons (Fsp3) is 0.575. The molecule has 0 aliphatic heterocycles. The van der Waals surface area contributed by atoms with E-state index in [0.29, 0.717) is 36.8 Å². The minimum atomic E-state index is -1.08. The third kappa shape index (κ3) is 20.5. The van der Waals surface area contributed by atoms with Gasteiger partial charge in [-0.3, -0.25) is 24.5 Å². The molecule has 0 aromatic heterocycles. The molecular formula is C40H59N5O13S. The summed E-state index contributed by atoms with van der Waals surface area (Å²) in [6, 6.07) is 8.12. The van der Waals surface area contributed by atoms with Crippen molar-refractivity contribution in [2.45, 2.75) is 110 Å². The van der Waals surface area contributed by atoms with Gasteiger partial charge in [0.15, 0.2) is 0 Å². The van der Waals surface area contributed by atoms with E-state index in [1.807, 2.05) is 27.7 Å².